The van der Waals surface area contributed by atoms with Crippen molar-refractivity contribution in [3.63, 3.8) is 0 Å². The molecule has 2 rings (SSSR count). The number of amides is 3. The Morgan fingerprint density at radius 3 is 2.22 bits per heavy atom. The molecule has 0 spiro atoms. The third-order valence-corrected chi connectivity index (χ3v) is 3.35. The summed E-state index contributed by atoms with van der Waals surface area (Å²) >= 11 is 0. The predicted molar refractivity (Wildman–Crippen MR) is 65.4 cm³/mol. The van der Waals surface area contributed by atoms with E-state index in [9.17, 15) is 14.4 Å². The zero-order chi connectivity index (χ0) is 13.3. The van der Waals surface area contributed by atoms with Crippen molar-refractivity contribution in [2.45, 2.75) is 32.7 Å². The minimum absolute atomic E-state index is 0.00857. The van der Waals surface area contributed by atoms with E-state index in [2.05, 4.69) is 5.32 Å². The van der Waals surface area contributed by atoms with Gasteiger partial charge in [-0.2, -0.15) is 0 Å². The van der Waals surface area contributed by atoms with Crippen molar-refractivity contribution >= 4 is 17.7 Å². The van der Waals surface area contributed by atoms with Gasteiger partial charge in [0, 0.05) is 6.04 Å². The molecule has 1 heterocycles. The minimum atomic E-state index is -0.279. The van der Waals surface area contributed by atoms with Crippen LogP contribution in [0.3, 0.4) is 0 Å². The predicted octanol–water partition coefficient (Wildman–Crippen LogP) is 0.462. The molecule has 1 aliphatic carbocycles. The molecule has 5 heteroatoms. The molecule has 3 amide bonds. The summed E-state index contributed by atoms with van der Waals surface area (Å²) in [4.78, 5) is 36.9. The van der Waals surface area contributed by atoms with E-state index in [1.54, 1.807) is 0 Å². The van der Waals surface area contributed by atoms with Crippen molar-refractivity contribution in [2.24, 2.45) is 11.8 Å². The molecule has 98 valence electrons. The normalized spacial score (nSPS) is 26.7. The van der Waals surface area contributed by atoms with E-state index < -0.39 is 0 Å². The Kier molecular flexibility index (Phi) is 3.50. The second kappa shape index (κ2) is 4.92. The van der Waals surface area contributed by atoms with Crippen molar-refractivity contribution in [2.75, 3.05) is 6.54 Å². The first-order chi connectivity index (χ1) is 8.50. The lowest BCUT2D eigenvalue weighted by atomic mass is 9.85. The number of fused-ring (bicyclic) bond motifs is 1. The van der Waals surface area contributed by atoms with Gasteiger partial charge in [0.05, 0.1) is 11.8 Å². The third kappa shape index (κ3) is 2.30. The fourth-order valence-electron chi connectivity index (χ4n) is 2.54. The summed E-state index contributed by atoms with van der Waals surface area (Å²) < 4.78 is 0. The number of nitrogens with zero attached hydrogens (tertiary/aromatic N) is 1. The van der Waals surface area contributed by atoms with Gasteiger partial charge in [-0.1, -0.05) is 12.2 Å². The number of nitrogens with one attached hydrogen (secondary N) is 1. The number of rotatable bonds is 3. The van der Waals surface area contributed by atoms with Crippen LogP contribution in [0, 0.1) is 11.8 Å². The molecular formula is C13H18N2O3. The molecular weight excluding hydrogens is 232 g/mol. The summed E-state index contributed by atoms with van der Waals surface area (Å²) in [6, 6.07) is 0.00857. The van der Waals surface area contributed by atoms with E-state index in [-0.39, 0.29) is 42.1 Å². The lowest BCUT2D eigenvalue weighted by molar-refractivity contribution is -0.143. The molecule has 1 N–H and O–H groups in total. The first-order valence-corrected chi connectivity index (χ1v) is 6.30. The van der Waals surface area contributed by atoms with Gasteiger partial charge in [-0.05, 0) is 26.7 Å². The molecule has 1 saturated heterocycles. The summed E-state index contributed by atoms with van der Waals surface area (Å²) in [6.07, 6.45) is 5.09. The number of allylic oxidation sites excluding steroid dienone is 2. The zero-order valence-corrected chi connectivity index (χ0v) is 10.7. The molecule has 0 radical (unpaired) electrons. The summed E-state index contributed by atoms with van der Waals surface area (Å²) in [5.74, 6) is -1.19. The summed E-state index contributed by atoms with van der Waals surface area (Å²) in [6.45, 7) is 3.54. The van der Waals surface area contributed by atoms with Crippen LogP contribution in [0.2, 0.25) is 0 Å². The number of carbonyl (C=O) groups excluding carboxylic acids is 3. The number of hydrogen-bond acceptors (Lipinski definition) is 3. The van der Waals surface area contributed by atoms with Gasteiger partial charge in [0.2, 0.25) is 17.7 Å². The Bertz CT molecular complexity index is 388. The van der Waals surface area contributed by atoms with Gasteiger partial charge in [-0.15, -0.1) is 0 Å². The van der Waals surface area contributed by atoms with Crippen molar-refractivity contribution in [1.29, 1.82) is 0 Å². The highest BCUT2D eigenvalue weighted by atomic mass is 16.2. The van der Waals surface area contributed by atoms with Gasteiger partial charge in [0.15, 0.2) is 0 Å². The second-order valence-corrected chi connectivity index (χ2v) is 5.14. The number of hydrogen-bond donors (Lipinski definition) is 1. The molecule has 2 aliphatic rings. The van der Waals surface area contributed by atoms with E-state index in [0.717, 1.165) is 4.90 Å². The highest BCUT2D eigenvalue weighted by Crippen LogP contribution is 2.34. The maximum absolute atomic E-state index is 12.1. The maximum atomic E-state index is 12.1. The molecule has 0 saturated carbocycles. The second-order valence-electron chi connectivity index (χ2n) is 5.14. The molecule has 5 nitrogen and oxygen atoms in total. The molecule has 0 bridgehead atoms. The van der Waals surface area contributed by atoms with Crippen LogP contribution in [-0.2, 0) is 14.4 Å². The maximum Gasteiger partial charge on any atom is 0.240 e. The lowest BCUT2D eigenvalue weighted by Crippen LogP contribution is -2.43. The Morgan fingerprint density at radius 2 is 1.78 bits per heavy atom. The van der Waals surface area contributed by atoms with Crippen LogP contribution in [0.5, 0.6) is 0 Å². The van der Waals surface area contributed by atoms with Crippen molar-refractivity contribution in [3.05, 3.63) is 12.2 Å². The molecule has 2 unspecified atom stereocenters. The van der Waals surface area contributed by atoms with E-state index in [1.165, 1.54) is 0 Å². The largest absolute Gasteiger partial charge is 0.352 e. The van der Waals surface area contributed by atoms with Crippen LogP contribution >= 0.6 is 0 Å². The van der Waals surface area contributed by atoms with Gasteiger partial charge in [0.25, 0.3) is 0 Å². The standard InChI is InChI=1S/C13H18N2O3/c1-8(2)14-11(16)7-15-12(17)9-5-3-4-6-10(9)13(15)18/h3-4,8-10H,5-7H2,1-2H3,(H,14,16). The Balaban J connectivity index is 2.04. The van der Waals surface area contributed by atoms with Gasteiger partial charge in [-0.25, -0.2) is 0 Å². The Hall–Kier alpha value is -1.65. The fourth-order valence-corrected chi connectivity index (χ4v) is 2.54. The smallest absolute Gasteiger partial charge is 0.240 e. The number of carbonyl (C=O) groups is 3. The van der Waals surface area contributed by atoms with E-state index in [0.29, 0.717) is 12.8 Å². The lowest BCUT2D eigenvalue weighted by Gasteiger charge is -2.15. The first kappa shape index (κ1) is 12.8. The molecule has 18 heavy (non-hydrogen) atoms. The monoisotopic (exact) mass is 250 g/mol. The molecule has 0 aromatic carbocycles. The molecule has 1 aliphatic heterocycles. The third-order valence-electron chi connectivity index (χ3n) is 3.35. The van der Waals surface area contributed by atoms with Crippen LogP contribution < -0.4 is 5.32 Å². The van der Waals surface area contributed by atoms with Gasteiger partial charge in [-0.3, -0.25) is 19.3 Å². The fraction of sp³-hybridized carbons (Fsp3) is 0.615. The number of likely N-dealkylation sites (tertiary alicyclic amines) is 1. The van der Waals surface area contributed by atoms with Crippen LogP contribution in [0.15, 0.2) is 12.2 Å². The van der Waals surface area contributed by atoms with E-state index in [1.807, 2.05) is 26.0 Å². The van der Waals surface area contributed by atoms with Crippen molar-refractivity contribution < 1.29 is 14.4 Å². The Labute approximate surface area is 106 Å². The summed E-state index contributed by atoms with van der Waals surface area (Å²) in [5.41, 5.74) is 0. The number of imide groups is 1. The topological polar surface area (TPSA) is 66.5 Å². The molecule has 0 aromatic rings. The molecule has 1 fully saturated rings. The Morgan fingerprint density at radius 1 is 1.28 bits per heavy atom. The quantitative estimate of drug-likeness (QED) is 0.584. The van der Waals surface area contributed by atoms with Crippen LogP contribution in [0.1, 0.15) is 26.7 Å². The van der Waals surface area contributed by atoms with E-state index in [4.69, 9.17) is 0 Å². The van der Waals surface area contributed by atoms with Crippen molar-refractivity contribution in [1.82, 2.24) is 10.2 Å². The van der Waals surface area contributed by atoms with Gasteiger partial charge < -0.3 is 5.32 Å². The molecule has 2 atom stereocenters. The van der Waals surface area contributed by atoms with Crippen LogP contribution in [-0.4, -0.2) is 35.2 Å². The average Bonchev–Trinajstić information content (AvgIpc) is 2.54. The highest BCUT2D eigenvalue weighted by molar-refractivity contribution is 6.07. The SMILES string of the molecule is CC(C)NC(=O)CN1C(=O)C2CC=CCC2C1=O. The van der Waals surface area contributed by atoms with Crippen LogP contribution in [0.4, 0.5) is 0 Å². The van der Waals surface area contributed by atoms with E-state index >= 15 is 0 Å². The van der Waals surface area contributed by atoms with Crippen LogP contribution in [0.25, 0.3) is 0 Å². The van der Waals surface area contributed by atoms with Crippen molar-refractivity contribution in [3.8, 4) is 0 Å². The van der Waals surface area contributed by atoms with Gasteiger partial charge >= 0.3 is 0 Å². The summed E-state index contributed by atoms with van der Waals surface area (Å²) in [7, 11) is 0. The summed E-state index contributed by atoms with van der Waals surface area (Å²) in [5, 5.41) is 2.69. The molecule has 0 aromatic heterocycles. The average molecular weight is 250 g/mol. The zero-order valence-electron chi connectivity index (χ0n) is 10.7. The first-order valence-electron chi connectivity index (χ1n) is 6.30. The minimum Gasteiger partial charge on any atom is -0.352 e. The highest BCUT2D eigenvalue weighted by Gasteiger charge is 2.47. The van der Waals surface area contributed by atoms with Gasteiger partial charge in [0.1, 0.15) is 6.54 Å².